The fourth-order valence-corrected chi connectivity index (χ4v) is 2.63. The summed E-state index contributed by atoms with van der Waals surface area (Å²) in [5.74, 6) is 5.16. The zero-order valence-electron chi connectivity index (χ0n) is 8.98. The Balaban J connectivity index is 2.03. The molecule has 1 amide bonds. The second-order valence-electron chi connectivity index (χ2n) is 4.33. The van der Waals surface area contributed by atoms with Crippen molar-refractivity contribution in [1.29, 1.82) is 0 Å². The standard InChI is InChI=1S/C11H19N3O/c12-13-11(15)10-7-4-8-14(10)9-5-2-1-3-6-9/h2,5,9-10H,1,3-4,6-8,12H2,(H,13,15)/t9-,10-/m0/s1. The normalized spacial score (nSPS) is 31.8. The van der Waals surface area contributed by atoms with Gasteiger partial charge >= 0.3 is 0 Å². The highest BCUT2D eigenvalue weighted by Gasteiger charge is 2.34. The van der Waals surface area contributed by atoms with Crippen molar-refractivity contribution in [3.63, 3.8) is 0 Å². The van der Waals surface area contributed by atoms with E-state index in [9.17, 15) is 4.79 Å². The summed E-state index contributed by atoms with van der Waals surface area (Å²) in [7, 11) is 0. The van der Waals surface area contributed by atoms with Gasteiger partial charge in [-0.2, -0.15) is 0 Å². The molecule has 0 unspecified atom stereocenters. The predicted molar refractivity (Wildman–Crippen MR) is 58.8 cm³/mol. The Kier molecular flexibility index (Phi) is 3.38. The van der Waals surface area contributed by atoms with Crippen LogP contribution >= 0.6 is 0 Å². The molecule has 1 aliphatic heterocycles. The first kappa shape index (κ1) is 10.6. The largest absolute Gasteiger partial charge is 0.293 e. The lowest BCUT2D eigenvalue weighted by molar-refractivity contribution is -0.126. The fourth-order valence-electron chi connectivity index (χ4n) is 2.63. The van der Waals surface area contributed by atoms with E-state index in [1.165, 1.54) is 19.3 Å². The number of amides is 1. The summed E-state index contributed by atoms with van der Waals surface area (Å²) in [5.41, 5.74) is 2.27. The van der Waals surface area contributed by atoms with E-state index in [1.54, 1.807) is 0 Å². The summed E-state index contributed by atoms with van der Waals surface area (Å²) in [5, 5.41) is 0. The molecule has 4 nitrogen and oxygen atoms in total. The van der Waals surface area contributed by atoms with Crippen LogP contribution in [0.2, 0.25) is 0 Å². The second-order valence-corrected chi connectivity index (χ2v) is 4.33. The lowest BCUT2D eigenvalue weighted by Gasteiger charge is -2.31. The van der Waals surface area contributed by atoms with E-state index in [2.05, 4.69) is 22.5 Å². The Morgan fingerprint density at radius 1 is 1.40 bits per heavy atom. The summed E-state index contributed by atoms with van der Waals surface area (Å²) in [6.07, 6.45) is 10.1. The number of likely N-dealkylation sites (tertiary alicyclic amines) is 1. The molecule has 1 heterocycles. The molecule has 0 aromatic rings. The van der Waals surface area contributed by atoms with Gasteiger partial charge in [0.25, 0.3) is 5.91 Å². The molecule has 0 spiro atoms. The van der Waals surface area contributed by atoms with E-state index < -0.39 is 0 Å². The number of carbonyl (C=O) groups excluding carboxylic acids is 1. The van der Waals surface area contributed by atoms with Crippen LogP contribution in [0.4, 0.5) is 0 Å². The molecule has 0 aromatic heterocycles. The zero-order chi connectivity index (χ0) is 10.7. The van der Waals surface area contributed by atoms with Crippen LogP contribution in [0.25, 0.3) is 0 Å². The van der Waals surface area contributed by atoms with E-state index in [1.807, 2.05) is 0 Å². The molecule has 1 aliphatic carbocycles. The van der Waals surface area contributed by atoms with Gasteiger partial charge in [0.1, 0.15) is 0 Å². The van der Waals surface area contributed by atoms with Gasteiger partial charge in [-0.1, -0.05) is 12.2 Å². The molecule has 4 heteroatoms. The van der Waals surface area contributed by atoms with Gasteiger partial charge < -0.3 is 0 Å². The Morgan fingerprint density at radius 2 is 2.27 bits per heavy atom. The number of carbonyl (C=O) groups is 1. The Bertz CT molecular complexity index is 265. The van der Waals surface area contributed by atoms with Gasteiger partial charge in [-0.25, -0.2) is 5.84 Å². The van der Waals surface area contributed by atoms with Gasteiger partial charge in [0, 0.05) is 6.04 Å². The molecule has 15 heavy (non-hydrogen) atoms. The molecule has 84 valence electrons. The van der Waals surface area contributed by atoms with Crippen molar-refractivity contribution in [3.8, 4) is 0 Å². The Morgan fingerprint density at radius 3 is 2.93 bits per heavy atom. The number of allylic oxidation sites excluding steroid dienone is 1. The number of nitrogens with zero attached hydrogens (tertiary/aromatic N) is 1. The molecule has 0 radical (unpaired) electrons. The quantitative estimate of drug-likeness (QED) is 0.302. The first-order valence-electron chi connectivity index (χ1n) is 5.76. The monoisotopic (exact) mass is 209 g/mol. The van der Waals surface area contributed by atoms with Crippen LogP contribution in [0.5, 0.6) is 0 Å². The maximum Gasteiger partial charge on any atom is 0.251 e. The number of nitrogens with one attached hydrogen (secondary N) is 1. The molecular weight excluding hydrogens is 190 g/mol. The third-order valence-corrected chi connectivity index (χ3v) is 3.39. The molecule has 1 fully saturated rings. The van der Waals surface area contributed by atoms with Crippen LogP contribution in [-0.4, -0.2) is 29.4 Å². The van der Waals surface area contributed by atoms with Crippen LogP contribution in [0.15, 0.2) is 12.2 Å². The average molecular weight is 209 g/mol. The Labute approximate surface area is 90.5 Å². The maximum atomic E-state index is 11.6. The molecule has 1 saturated heterocycles. The third-order valence-electron chi connectivity index (χ3n) is 3.39. The van der Waals surface area contributed by atoms with Gasteiger partial charge in [-0.15, -0.1) is 0 Å². The van der Waals surface area contributed by atoms with E-state index in [-0.39, 0.29) is 11.9 Å². The summed E-state index contributed by atoms with van der Waals surface area (Å²) >= 11 is 0. The van der Waals surface area contributed by atoms with Crippen molar-refractivity contribution in [1.82, 2.24) is 10.3 Å². The average Bonchev–Trinajstić information content (AvgIpc) is 2.78. The van der Waals surface area contributed by atoms with Gasteiger partial charge in [0.05, 0.1) is 6.04 Å². The molecule has 2 atom stereocenters. The van der Waals surface area contributed by atoms with Crippen LogP contribution in [-0.2, 0) is 4.79 Å². The number of hydrazine groups is 1. The topological polar surface area (TPSA) is 58.4 Å². The summed E-state index contributed by atoms with van der Waals surface area (Å²) in [4.78, 5) is 13.9. The molecule has 2 aliphatic rings. The highest BCUT2D eigenvalue weighted by Crippen LogP contribution is 2.25. The van der Waals surface area contributed by atoms with Crippen LogP contribution in [0.1, 0.15) is 32.1 Å². The number of rotatable bonds is 2. The minimum absolute atomic E-state index is 0.0113. The number of nitrogens with two attached hydrogens (primary N) is 1. The number of hydrogen-bond donors (Lipinski definition) is 2. The minimum Gasteiger partial charge on any atom is -0.293 e. The summed E-state index contributed by atoms with van der Waals surface area (Å²) in [6, 6.07) is 0.436. The number of hydrogen-bond acceptors (Lipinski definition) is 3. The zero-order valence-corrected chi connectivity index (χ0v) is 8.98. The lowest BCUT2D eigenvalue weighted by atomic mass is 10.0. The molecule has 0 aromatic carbocycles. The van der Waals surface area contributed by atoms with Crippen LogP contribution in [0, 0.1) is 0 Å². The smallest absolute Gasteiger partial charge is 0.251 e. The minimum atomic E-state index is -0.0357. The molecule has 0 bridgehead atoms. The first-order valence-corrected chi connectivity index (χ1v) is 5.76. The van der Waals surface area contributed by atoms with Crippen molar-refractivity contribution in [2.24, 2.45) is 5.84 Å². The van der Waals surface area contributed by atoms with Gasteiger partial charge in [-0.05, 0) is 38.6 Å². The second kappa shape index (κ2) is 4.77. The van der Waals surface area contributed by atoms with Gasteiger partial charge in [0.15, 0.2) is 0 Å². The molecule has 0 saturated carbocycles. The van der Waals surface area contributed by atoms with Gasteiger partial charge in [-0.3, -0.25) is 15.1 Å². The van der Waals surface area contributed by atoms with Crippen molar-refractivity contribution >= 4 is 5.91 Å². The van der Waals surface area contributed by atoms with Crippen molar-refractivity contribution in [2.45, 2.75) is 44.2 Å². The van der Waals surface area contributed by atoms with E-state index in [4.69, 9.17) is 5.84 Å². The summed E-state index contributed by atoms with van der Waals surface area (Å²) in [6.45, 7) is 1.02. The lowest BCUT2D eigenvalue weighted by Crippen LogP contribution is -2.49. The predicted octanol–water partition coefficient (Wildman–Crippen LogP) is 0.549. The van der Waals surface area contributed by atoms with Crippen molar-refractivity contribution in [2.75, 3.05) is 6.54 Å². The van der Waals surface area contributed by atoms with Crippen molar-refractivity contribution < 1.29 is 4.79 Å². The summed E-state index contributed by atoms with van der Waals surface area (Å²) < 4.78 is 0. The van der Waals surface area contributed by atoms with Crippen LogP contribution < -0.4 is 11.3 Å². The highest BCUT2D eigenvalue weighted by molar-refractivity contribution is 5.81. The first-order chi connectivity index (χ1) is 7.33. The molecule has 2 rings (SSSR count). The highest BCUT2D eigenvalue weighted by atomic mass is 16.2. The van der Waals surface area contributed by atoms with E-state index in [0.29, 0.717) is 6.04 Å². The van der Waals surface area contributed by atoms with Gasteiger partial charge in [0.2, 0.25) is 0 Å². The fraction of sp³-hybridized carbons (Fsp3) is 0.727. The van der Waals surface area contributed by atoms with Crippen LogP contribution in [0.3, 0.4) is 0 Å². The molecule has 3 N–H and O–H groups in total. The molecular formula is C11H19N3O. The third kappa shape index (κ3) is 2.21. The maximum absolute atomic E-state index is 11.6. The Hall–Kier alpha value is -0.870. The van der Waals surface area contributed by atoms with E-state index >= 15 is 0 Å². The van der Waals surface area contributed by atoms with Crippen molar-refractivity contribution in [3.05, 3.63) is 12.2 Å². The SMILES string of the molecule is NNC(=O)[C@@H]1CCCN1[C@H]1C=CCCC1. The van der Waals surface area contributed by atoms with E-state index in [0.717, 1.165) is 19.4 Å².